The Kier molecular flexibility index (Phi) is 7.91. The number of para-hydroxylation sites is 5. The lowest BCUT2D eigenvalue weighted by molar-refractivity contribution is 1.15. The van der Waals surface area contributed by atoms with Gasteiger partial charge in [-0.3, -0.25) is 0 Å². The zero-order valence-corrected chi connectivity index (χ0v) is 34.4. The predicted octanol–water partition coefficient (Wildman–Crippen LogP) is 16.0. The van der Waals surface area contributed by atoms with Crippen LogP contribution in [0.3, 0.4) is 0 Å². The maximum Gasteiger partial charge on any atom is 0.0561 e. The first-order valence-corrected chi connectivity index (χ1v) is 21.7. The van der Waals surface area contributed by atoms with E-state index in [2.05, 4.69) is 250 Å². The van der Waals surface area contributed by atoms with Gasteiger partial charge in [-0.1, -0.05) is 164 Å². The van der Waals surface area contributed by atoms with Crippen molar-refractivity contribution < 1.29 is 0 Å². The van der Waals surface area contributed by atoms with Gasteiger partial charge in [0.05, 0.1) is 38.8 Å². The first-order chi connectivity index (χ1) is 31.3. The molecular formula is C60H39N3. The van der Waals surface area contributed by atoms with Crippen LogP contribution < -0.4 is 0 Å². The molecule has 0 saturated heterocycles. The molecule has 0 atom stereocenters. The van der Waals surface area contributed by atoms with Crippen LogP contribution in [-0.2, 0) is 0 Å². The van der Waals surface area contributed by atoms with Crippen molar-refractivity contribution in [3.05, 3.63) is 237 Å². The number of rotatable bonds is 6. The molecule has 0 fully saturated rings. The van der Waals surface area contributed by atoms with Gasteiger partial charge < -0.3 is 13.7 Å². The molecule has 294 valence electrons. The molecule has 0 saturated carbocycles. The average Bonchev–Trinajstić information content (AvgIpc) is 3.99. The molecule has 3 heterocycles. The second-order valence-electron chi connectivity index (χ2n) is 16.5. The summed E-state index contributed by atoms with van der Waals surface area (Å²) in [5, 5.41) is 7.46. The fraction of sp³-hybridized carbons (Fsp3) is 0. The Morgan fingerprint density at radius 3 is 1.35 bits per heavy atom. The van der Waals surface area contributed by atoms with Crippen LogP contribution in [0.2, 0.25) is 0 Å². The van der Waals surface area contributed by atoms with E-state index in [9.17, 15) is 0 Å². The van der Waals surface area contributed by atoms with Gasteiger partial charge in [-0.05, 0) is 101 Å². The number of hydrogen-bond donors (Lipinski definition) is 0. The van der Waals surface area contributed by atoms with E-state index in [1.807, 2.05) is 0 Å². The molecule has 3 nitrogen and oxygen atoms in total. The summed E-state index contributed by atoms with van der Waals surface area (Å²) < 4.78 is 7.32. The summed E-state index contributed by atoms with van der Waals surface area (Å²) >= 11 is 0. The van der Waals surface area contributed by atoms with Crippen LogP contribution in [0.5, 0.6) is 0 Å². The predicted molar refractivity (Wildman–Crippen MR) is 266 cm³/mol. The molecular weight excluding hydrogens is 763 g/mol. The molecule has 0 amide bonds. The highest BCUT2D eigenvalue weighted by molar-refractivity contribution is 6.13. The van der Waals surface area contributed by atoms with Gasteiger partial charge in [0.1, 0.15) is 0 Å². The first kappa shape index (κ1) is 35.4. The summed E-state index contributed by atoms with van der Waals surface area (Å²) in [7, 11) is 0. The molecule has 3 heteroatoms. The summed E-state index contributed by atoms with van der Waals surface area (Å²) in [5.74, 6) is 0. The topological polar surface area (TPSA) is 14.8 Å². The fourth-order valence-corrected chi connectivity index (χ4v) is 10.2. The summed E-state index contributed by atoms with van der Waals surface area (Å²) in [4.78, 5) is 0. The number of aromatic nitrogens is 3. The Hall–Kier alpha value is -8.40. The highest BCUT2D eigenvalue weighted by Gasteiger charge is 2.19. The Morgan fingerprint density at radius 2 is 0.667 bits per heavy atom. The molecule has 0 radical (unpaired) electrons. The van der Waals surface area contributed by atoms with Gasteiger partial charge in [-0.15, -0.1) is 0 Å². The quantitative estimate of drug-likeness (QED) is 0.159. The standard InChI is InChI=1S/C60H39N3/c1-2-16-40(17-3-1)41-18-14-19-42(36-41)43-20-15-21-45(37-43)62-55-28-10-5-25-50(55)52-34-33-46(39-60(52)62)61-56-29-11-8-26-51(56)53-38-44(32-35-59(53)61)47-22-4-9-27-54(47)63-57-30-12-6-23-48(57)49-24-7-13-31-58(49)63/h1-39H. The highest BCUT2D eigenvalue weighted by Crippen LogP contribution is 2.41. The number of benzene rings is 10. The molecule has 63 heavy (non-hydrogen) atoms. The van der Waals surface area contributed by atoms with Crippen LogP contribution in [0.1, 0.15) is 0 Å². The van der Waals surface area contributed by atoms with Crippen molar-refractivity contribution >= 4 is 65.4 Å². The summed E-state index contributed by atoms with van der Waals surface area (Å²) in [6, 6.07) is 86.5. The number of nitrogens with zero attached hydrogens (tertiary/aromatic N) is 3. The number of fused-ring (bicyclic) bond motifs is 9. The van der Waals surface area contributed by atoms with Crippen LogP contribution >= 0.6 is 0 Å². The van der Waals surface area contributed by atoms with Crippen molar-refractivity contribution in [1.29, 1.82) is 0 Å². The smallest absolute Gasteiger partial charge is 0.0561 e. The maximum atomic E-state index is 2.44. The van der Waals surface area contributed by atoms with Crippen molar-refractivity contribution in [3.63, 3.8) is 0 Å². The molecule has 13 aromatic rings. The molecule has 0 N–H and O–H groups in total. The van der Waals surface area contributed by atoms with E-state index >= 15 is 0 Å². The summed E-state index contributed by atoms with van der Waals surface area (Å²) in [5.41, 5.74) is 17.8. The van der Waals surface area contributed by atoms with E-state index in [-0.39, 0.29) is 0 Å². The van der Waals surface area contributed by atoms with Gasteiger partial charge >= 0.3 is 0 Å². The second kappa shape index (κ2) is 14.1. The van der Waals surface area contributed by atoms with E-state index < -0.39 is 0 Å². The summed E-state index contributed by atoms with van der Waals surface area (Å²) in [6.07, 6.45) is 0. The summed E-state index contributed by atoms with van der Waals surface area (Å²) in [6.45, 7) is 0. The lowest BCUT2D eigenvalue weighted by Gasteiger charge is -2.15. The van der Waals surface area contributed by atoms with Gasteiger partial charge in [0.15, 0.2) is 0 Å². The molecule has 3 aromatic heterocycles. The lowest BCUT2D eigenvalue weighted by atomic mass is 9.99. The normalized spacial score (nSPS) is 11.8. The third kappa shape index (κ3) is 5.53. The lowest BCUT2D eigenvalue weighted by Crippen LogP contribution is -1.98. The van der Waals surface area contributed by atoms with Gasteiger partial charge in [-0.25, -0.2) is 0 Å². The van der Waals surface area contributed by atoms with Crippen LogP contribution in [0, 0.1) is 0 Å². The van der Waals surface area contributed by atoms with E-state index in [4.69, 9.17) is 0 Å². The average molecular weight is 802 g/mol. The largest absolute Gasteiger partial charge is 0.309 e. The minimum atomic E-state index is 1.13. The number of hydrogen-bond acceptors (Lipinski definition) is 0. The van der Waals surface area contributed by atoms with E-state index in [0.717, 1.165) is 11.4 Å². The van der Waals surface area contributed by atoms with Gasteiger partial charge in [0.25, 0.3) is 0 Å². The van der Waals surface area contributed by atoms with Crippen molar-refractivity contribution in [2.45, 2.75) is 0 Å². The minimum absolute atomic E-state index is 1.13. The fourth-order valence-electron chi connectivity index (χ4n) is 10.2. The van der Waals surface area contributed by atoms with Gasteiger partial charge in [-0.2, -0.15) is 0 Å². The van der Waals surface area contributed by atoms with Crippen molar-refractivity contribution in [3.8, 4) is 50.4 Å². The first-order valence-electron chi connectivity index (χ1n) is 21.7. The Balaban J connectivity index is 0.976. The maximum absolute atomic E-state index is 2.44. The van der Waals surface area contributed by atoms with Crippen molar-refractivity contribution in [2.75, 3.05) is 0 Å². The molecule has 0 aliphatic heterocycles. The van der Waals surface area contributed by atoms with E-state index in [1.54, 1.807) is 0 Å². The molecule has 0 bridgehead atoms. The molecule has 0 unspecified atom stereocenters. The highest BCUT2D eigenvalue weighted by atomic mass is 15.0. The van der Waals surface area contributed by atoms with Gasteiger partial charge in [0, 0.05) is 49.3 Å². The third-order valence-electron chi connectivity index (χ3n) is 13.0. The third-order valence-corrected chi connectivity index (χ3v) is 13.0. The van der Waals surface area contributed by atoms with Crippen LogP contribution in [0.15, 0.2) is 237 Å². The molecule has 0 aliphatic rings. The Bertz CT molecular complexity index is 3860. The van der Waals surface area contributed by atoms with E-state index in [1.165, 1.54) is 104 Å². The van der Waals surface area contributed by atoms with Crippen LogP contribution in [0.4, 0.5) is 0 Å². The molecule has 0 spiro atoms. The Morgan fingerprint density at radius 1 is 0.206 bits per heavy atom. The second-order valence-corrected chi connectivity index (χ2v) is 16.5. The Labute approximate surface area is 364 Å². The van der Waals surface area contributed by atoms with Crippen molar-refractivity contribution in [2.24, 2.45) is 0 Å². The monoisotopic (exact) mass is 801 g/mol. The van der Waals surface area contributed by atoms with Crippen molar-refractivity contribution in [1.82, 2.24) is 13.7 Å². The van der Waals surface area contributed by atoms with Crippen LogP contribution in [0.25, 0.3) is 116 Å². The molecule has 13 rings (SSSR count). The zero-order chi connectivity index (χ0) is 41.4. The van der Waals surface area contributed by atoms with E-state index in [0.29, 0.717) is 0 Å². The zero-order valence-electron chi connectivity index (χ0n) is 34.4. The molecule has 0 aliphatic carbocycles. The molecule has 10 aromatic carbocycles. The van der Waals surface area contributed by atoms with Gasteiger partial charge in [0.2, 0.25) is 0 Å². The minimum Gasteiger partial charge on any atom is -0.309 e. The SMILES string of the molecule is c1ccc(-c2cccc(-c3cccc(-n4c5ccccc5c5ccc(-n6c7ccccc7c7cc(-c8ccccc8-n8c9ccccc9c9ccccc98)ccc76)cc54)c3)c2)cc1. The van der Waals surface area contributed by atoms with Crippen LogP contribution in [-0.4, -0.2) is 13.7 Å².